The summed E-state index contributed by atoms with van der Waals surface area (Å²) < 4.78 is 13.3. The number of hydrogen-bond acceptors (Lipinski definition) is 7. The summed E-state index contributed by atoms with van der Waals surface area (Å²) in [6.07, 6.45) is 5.97. The maximum absolute atomic E-state index is 5.80. The fourth-order valence-electron chi connectivity index (χ4n) is 4.97. The van der Waals surface area contributed by atoms with Crippen LogP contribution in [0.5, 0.6) is 0 Å². The van der Waals surface area contributed by atoms with E-state index in [2.05, 4.69) is 38.1 Å². The summed E-state index contributed by atoms with van der Waals surface area (Å²) in [7, 11) is 0. The van der Waals surface area contributed by atoms with Crippen LogP contribution in [-0.4, -0.2) is 76.1 Å². The molecule has 9 heteroatoms. The molecule has 2 bridgehead atoms. The summed E-state index contributed by atoms with van der Waals surface area (Å²) in [5, 5.41) is 12.8. The van der Waals surface area contributed by atoms with Gasteiger partial charge in [0.25, 0.3) is 0 Å². The smallest absolute Gasteiger partial charge is 0.169 e. The van der Waals surface area contributed by atoms with Gasteiger partial charge in [-0.1, -0.05) is 0 Å². The van der Waals surface area contributed by atoms with Crippen LogP contribution >= 0.6 is 0 Å². The van der Waals surface area contributed by atoms with Gasteiger partial charge >= 0.3 is 0 Å². The van der Waals surface area contributed by atoms with E-state index in [1.54, 1.807) is 6.20 Å². The molecule has 0 spiro atoms. The zero-order chi connectivity index (χ0) is 19.4. The van der Waals surface area contributed by atoms with Crippen LogP contribution < -0.4 is 9.80 Å². The topological polar surface area (TPSA) is 84.3 Å². The molecule has 6 heterocycles. The lowest BCUT2D eigenvalue weighted by Gasteiger charge is -2.38. The van der Waals surface area contributed by atoms with Crippen molar-refractivity contribution in [3.63, 3.8) is 0 Å². The second kappa shape index (κ2) is 6.70. The molecule has 29 heavy (non-hydrogen) atoms. The molecule has 3 aliphatic heterocycles. The molecule has 3 fully saturated rings. The Morgan fingerprint density at radius 2 is 2.00 bits per heavy atom. The Balaban J connectivity index is 1.54. The average molecular weight is 395 g/mol. The van der Waals surface area contributed by atoms with E-state index in [1.807, 2.05) is 16.9 Å². The van der Waals surface area contributed by atoms with Crippen molar-refractivity contribution in [2.45, 2.75) is 37.9 Å². The molecule has 0 aliphatic carbocycles. The van der Waals surface area contributed by atoms with Crippen LogP contribution in [0, 0.1) is 0 Å². The number of H-pyrrole nitrogens is 1. The van der Waals surface area contributed by atoms with Gasteiger partial charge in [-0.25, -0.2) is 4.98 Å². The summed E-state index contributed by atoms with van der Waals surface area (Å²) in [5.74, 6) is 1.83. The molecule has 0 radical (unpaired) electrons. The Morgan fingerprint density at radius 3 is 2.76 bits per heavy atom. The number of pyridine rings is 1. The van der Waals surface area contributed by atoms with E-state index in [4.69, 9.17) is 14.5 Å². The molecule has 3 saturated heterocycles. The highest BCUT2D eigenvalue weighted by atomic mass is 16.5. The highest BCUT2D eigenvalue weighted by Gasteiger charge is 2.39. The van der Waals surface area contributed by atoms with Gasteiger partial charge in [0, 0.05) is 24.7 Å². The van der Waals surface area contributed by atoms with E-state index in [9.17, 15) is 0 Å². The van der Waals surface area contributed by atoms with Crippen LogP contribution in [0.2, 0.25) is 0 Å². The van der Waals surface area contributed by atoms with Gasteiger partial charge in [-0.3, -0.25) is 5.10 Å². The Bertz CT molecular complexity index is 1000. The Labute approximate surface area is 168 Å². The van der Waals surface area contributed by atoms with Crippen molar-refractivity contribution < 1.29 is 9.47 Å². The first-order valence-corrected chi connectivity index (χ1v) is 10.4. The number of aromatic nitrogens is 5. The number of morpholine rings is 2. The van der Waals surface area contributed by atoms with Crippen LogP contribution in [-0.2, 0) is 9.47 Å². The van der Waals surface area contributed by atoms with E-state index in [0.717, 1.165) is 68.5 Å². The third-order valence-electron chi connectivity index (χ3n) is 6.40. The molecule has 0 saturated carbocycles. The number of nitrogens with zero attached hydrogens (tertiary/aromatic N) is 6. The summed E-state index contributed by atoms with van der Waals surface area (Å²) in [6.45, 7) is 6.10. The SMILES string of the molecule is C[C@H]1COCCN1c1cc(N2C3CCC2COC3)nc2c1cnn2-c1ccn[nH]1. The summed E-state index contributed by atoms with van der Waals surface area (Å²) >= 11 is 0. The van der Waals surface area contributed by atoms with Crippen LogP contribution in [0.3, 0.4) is 0 Å². The van der Waals surface area contributed by atoms with Crippen molar-refractivity contribution in [1.82, 2.24) is 25.0 Å². The van der Waals surface area contributed by atoms with Crippen LogP contribution in [0.15, 0.2) is 24.5 Å². The van der Waals surface area contributed by atoms with Crippen LogP contribution in [0.25, 0.3) is 16.9 Å². The zero-order valence-electron chi connectivity index (χ0n) is 16.5. The Kier molecular flexibility index (Phi) is 3.98. The van der Waals surface area contributed by atoms with Crippen molar-refractivity contribution in [3.05, 3.63) is 24.5 Å². The molecule has 2 unspecified atom stereocenters. The van der Waals surface area contributed by atoms with Crippen LogP contribution in [0.1, 0.15) is 19.8 Å². The molecule has 9 nitrogen and oxygen atoms in total. The molecular formula is C20H25N7O2. The fourth-order valence-corrected chi connectivity index (χ4v) is 4.97. The van der Waals surface area contributed by atoms with Crippen molar-refractivity contribution in [2.24, 2.45) is 0 Å². The quantitative estimate of drug-likeness (QED) is 0.723. The van der Waals surface area contributed by atoms with Gasteiger partial charge in [0.1, 0.15) is 5.82 Å². The molecule has 3 aliphatic rings. The lowest BCUT2D eigenvalue weighted by molar-refractivity contribution is 0.0902. The van der Waals surface area contributed by atoms with E-state index >= 15 is 0 Å². The summed E-state index contributed by atoms with van der Waals surface area (Å²) in [5.41, 5.74) is 2.03. The van der Waals surface area contributed by atoms with Crippen molar-refractivity contribution in [2.75, 3.05) is 42.8 Å². The summed E-state index contributed by atoms with van der Waals surface area (Å²) in [4.78, 5) is 10.0. The van der Waals surface area contributed by atoms with Crippen molar-refractivity contribution in [1.29, 1.82) is 0 Å². The predicted molar refractivity (Wildman–Crippen MR) is 109 cm³/mol. The minimum atomic E-state index is 0.305. The highest BCUT2D eigenvalue weighted by molar-refractivity contribution is 5.92. The zero-order valence-corrected chi connectivity index (χ0v) is 16.5. The van der Waals surface area contributed by atoms with Gasteiger partial charge < -0.3 is 19.3 Å². The van der Waals surface area contributed by atoms with Gasteiger partial charge in [-0.2, -0.15) is 14.9 Å². The maximum atomic E-state index is 5.80. The van der Waals surface area contributed by atoms with Gasteiger partial charge in [-0.15, -0.1) is 0 Å². The molecule has 0 amide bonds. The molecule has 152 valence electrons. The number of nitrogens with one attached hydrogen (secondary N) is 1. The van der Waals surface area contributed by atoms with Crippen molar-refractivity contribution >= 4 is 22.5 Å². The third-order valence-corrected chi connectivity index (χ3v) is 6.40. The third kappa shape index (κ3) is 2.71. The Hall–Kier alpha value is -2.65. The van der Waals surface area contributed by atoms with Gasteiger partial charge in [0.05, 0.1) is 62.0 Å². The first-order valence-electron chi connectivity index (χ1n) is 10.4. The summed E-state index contributed by atoms with van der Waals surface area (Å²) in [6, 6.07) is 5.27. The first-order chi connectivity index (χ1) is 14.3. The average Bonchev–Trinajstić information content (AvgIpc) is 3.45. The highest BCUT2D eigenvalue weighted by Crippen LogP contribution is 2.38. The number of rotatable bonds is 3. The minimum Gasteiger partial charge on any atom is -0.377 e. The van der Waals surface area contributed by atoms with Gasteiger partial charge in [-0.05, 0) is 19.8 Å². The molecule has 0 aromatic carbocycles. The van der Waals surface area contributed by atoms with Gasteiger partial charge in [0.2, 0.25) is 0 Å². The van der Waals surface area contributed by atoms with Crippen LogP contribution in [0.4, 0.5) is 11.5 Å². The number of ether oxygens (including phenoxy) is 2. The normalized spacial score (nSPS) is 27.1. The number of fused-ring (bicyclic) bond motifs is 3. The van der Waals surface area contributed by atoms with E-state index in [0.29, 0.717) is 18.1 Å². The second-order valence-electron chi connectivity index (χ2n) is 8.18. The molecule has 3 atom stereocenters. The monoisotopic (exact) mass is 395 g/mol. The van der Waals surface area contributed by atoms with E-state index < -0.39 is 0 Å². The molecule has 3 aromatic heterocycles. The van der Waals surface area contributed by atoms with E-state index in [-0.39, 0.29) is 0 Å². The lowest BCUT2D eigenvalue weighted by Crippen LogP contribution is -2.47. The first kappa shape index (κ1) is 17.2. The molecular weight excluding hydrogens is 370 g/mol. The Morgan fingerprint density at radius 1 is 1.14 bits per heavy atom. The number of anilines is 2. The lowest BCUT2D eigenvalue weighted by atomic mass is 10.1. The van der Waals surface area contributed by atoms with Crippen molar-refractivity contribution in [3.8, 4) is 5.82 Å². The number of hydrogen-bond donors (Lipinski definition) is 1. The maximum Gasteiger partial charge on any atom is 0.169 e. The number of aromatic amines is 1. The molecule has 1 N–H and O–H groups in total. The molecule has 6 rings (SSSR count). The minimum absolute atomic E-state index is 0.305. The molecule has 3 aromatic rings. The van der Waals surface area contributed by atoms with E-state index in [1.165, 1.54) is 5.69 Å². The predicted octanol–water partition coefficient (Wildman–Crippen LogP) is 1.74. The fraction of sp³-hybridized carbons (Fsp3) is 0.550. The van der Waals surface area contributed by atoms with Gasteiger partial charge in [0.15, 0.2) is 11.5 Å². The second-order valence-corrected chi connectivity index (χ2v) is 8.18. The largest absolute Gasteiger partial charge is 0.377 e. The standard InChI is InChI=1S/C20H25N7O2/c1-13-10-28-7-6-25(13)17-8-19(26-14-2-3-15(26)12-29-11-14)23-20-16(17)9-22-27(20)18-4-5-21-24-18/h4-5,8-9,13-15H,2-3,6-7,10-12H2,1H3,(H,21,24)/t13-,14?,15?/m0/s1.